The van der Waals surface area contributed by atoms with Gasteiger partial charge in [0.15, 0.2) is 0 Å². The molecular formula is C31H35FN4O4. The minimum Gasteiger partial charge on any atom is -0.465 e. The number of hydrogen-bond donors (Lipinski definition) is 1. The number of aromatic nitrogens is 3. The summed E-state index contributed by atoms with van der Waals surface area (Å²) in [6.07, 6.45) is 3.29. The molecule has 0 saturated heterocycles. The number of H-pyrrole nitrogens is 1. The molecule has 0 radical (unpaired) electrons. The minimum atomic E-state index is -0.645. The van der Waals surface area contributed by atoms with Gasteiger partial charge in [0.25, 0.3) is 0 Å². The fourth-order valence-electron chi connectivity index (χ4n) is 5.47. The molecule has 2 aromatic heterocycles. The number of rotatable bonds is 5. The normalized spacial score (nSPS) is 13.4. The zero-order valence-electron chi connectivity index (χ0n) is 23.9. The topological polar surface area (TPSA) is 89.5 Å². The van der Waals surface area contributed by atoms with E-state index in [1.165, 1.54) is 13.2 Å². The Morgan fingerprint density at radius 1 is 1.12 bits per heavy atom. The smallest absolute Gasteiger partial charge is 0.410 e. The number of nitrogens with one attached hydrogen (secondary N) is 1. The molecule has 0 atom stereocenters. The van der Waals surface area contributed by atoms with Crippen LogP contribution in [-0.2, 0) is 35.3 Å². The molecule has 9 heteroatoms. The molecule has 1 amide bonds. The predicted molar refractivity (Wildman–Crippen MR) is 151 cm³/mol. The van der Waals surface area contributed by atoms with Gasteiger partial charge in [0.2, 0.25) is 0 Å². The Hall–Kier alpha value is -4.14. The molecule has 0 aliphatic carbocycles. The Morgan fingerprint density at radius 3 is 2.45 bits per heavy atom. The van der Waals surface area contributed by atoms with Gasteiger partial charge in [0.1, 0.15) is 11.4 Å². The summed E-state index contributed by atoms with van der Waals surface area (Å²) < 4.78 is 28.7. The number of aromatic amines is 1. The third-order valence-electron chi connectivity index (χ3n) is 7.30. The summed E-state index contributed by atoms with van der Waals surface area (Å²) in [6.45, 7) is 10.3. The SMILES string of the molecule is CCc1cccc(CC)c1-n1nc2c(c1-c1c(F)cc(C(=O)OC)c3[nH]ccc13)CN(C(=O)OC(C)(C)C)CC2. The van der Waals surface area contributed by atoms with Crippen molar-refractivity contribution < 1.29 is 23.5 Å². The second kappa shape index (κ2) is 10.4. The Kier molecular flexibility index (Phi) is 7.16. The van der Waals surface area contributed by atoms with Crippen molar-refractivity contribution in [2.45, 2.75) is 66.0 Å². The van der Waals surface area contributed by atoms with Crippen molar-refractivity contribution in [1.82, 2.24) is 19.7 Å². The Balaban J connectivity index is 1.80. The number of aryl methyl sites for hydroxylation is 2. The van der Waals surface area contributed by atoms with Crippen LogP contribution in [0.5, 0.6) is 0 Å². The van der Waals surface area contributed by atoms with E-state index >= 15 is 4.39 Å². The quantitative estimate of drug-likeness (QED) is 0.294. The van der Waals surface area contributed by atoms with Crippen molar-refractivity contribution in [1.29, 1.82) is 0 Å². The average Bonchev–Trinajstić information content (AvgIpc) is 3.55. The molecule has 0 bridgehead atoms. The summed E-state index contributed by atoms with van der Waals surface area (Å²) in [7, 11) is 1.27. The zero-order chi connectivity index (χ0) is 28.8. The van der Waals surface area contributed by atoms with Crippen molar-refractivity contribution in [2.24, 2.45) is 0 Å². The summed E-state index contributed by atoms with van der Waals surface area (Å²) in [5.74, 6) is -1.20. The van der Waals surface area contributed by atoms with Gasteiger partial charge in [-0.25, -0.2) is 18.7 Å². The monoisotopic (exact) mass is 546 g/mol. The van der Waals surface area contributed by atoms with Crippen LogP contribution in [0, 0.1) is 5.82 Å². The summed E-state index contributed by atoms with van der Waals surface area (Å²) in [5.41, 5.74) is 5.48. The highest BCUT2D eigenvalue weighted by molar-refractivity contribution is 6.08. The van der Waals surface area contributed by atoms with Crippen molar-refractivity contribution in [3.05, 3.63) is 70.3 Å². The molecule has 1 aliphatic heterocycles. The molecule has 0 fully saturated rings. The fourth-order valence-corrected chi connectivity index (χ4v) is 5.47. The van der Waals surface area contributed by atoms with E-state index in [9.17, 15) is 9.59 Å². The van der Waals surface area contributed by atoms with Crippen LogP contribution >= 0.6 is 0 Å². The molecule has 0 spiro atoms. The number of hydrogen-bond acceptors (Lipinski definition) is 5. The number of ether oxygens (including phenoxy) is 2. The zero-order valence-corrected chi connectivity index (χ0v) is 23.9. The maximum atomic E-state index is 16.3. The van der Waals surface area contributed by atoms with Crippen molar-refractivity contribution in [3.8, 4) is 16.9 Å². The first-order chi connectivity index (χ1) is 19.1. The summed E-state index contributed by atoms with van der Waals surface area (Å²) >= 11 is 0. The van der Waals surface area contributed by atoms with Gasteiger partial charge in [-0.05, 0) is 56.9 Å². The molecular weight excluding hydrogens is 511 g/mol. The number of benzene rings is 2. The van der Waals surface area contributed by atoms with Crippen LogP contribution in [0.15, 0.2) is 36.5 Å². The van der Waals surface area contributed by atoms with E-state index in [4.69, 9.17) is 14.6 Å². The van der Waals surface area contributed by atoms with E-state index in [-0.39, 0.29) is 12.1 Å². The first kappa shape index (κ1) is 27.4. The highest BCUT2D eigenvalue weighted by atomic mass is 19.1. The van der Waals surface area contributed by atoms with E-state index in [2.05, 4.69) is 31.0 Å². The molecule has 4 aromatic rings. The van der Waals surface area contributed by atoms with Gasteiger partial charge in [0, 0.05) is 35.7 Å². The number of carbonyl (C=O) groups is 2. The van der Waals surface area contributed by atoms with Crippen LogP contribution in [0.1, 0.15) is 67.4 Å². The lowest BCUT2D eigenvalue weighted by Gasteiger charge is -2.30. The number of methoxy groups -OCH3 is 1. The van der Waals surface area contributed by atoms with Gasteiger partial charge in [-0.15, -0.1) is 0 Å². The molecule has 210 valence electrons. The first-order valence-electron chi connectivity index (χ1n) is 13.7. The van der Waals surface area contributed by atoms with Gasteiger partial charge < -0.3 is 19.4 Å². The number of fused-ring (bicyclic) bond motifs is 2. The van der Waals surface area contributed by atoms with Crippen LogP contribution in [0.3, 0.4) is 0 Å². The Labute approximate surface area is 233 Å². The van der Waals surface area contributed by atoms with Gasteiger partial charge in [-0.3, -0.25) is 0 Å². The number of nitrogens with zero attached hydrogens (tertiary/aromatic N) is 3. The molecule has 8 nitrogen and oxygen atoms in total. The molecule has 3 heterocycles. The van der Waals surface area contributed by atoms with E-state index < -0.39 is 23.5 Å². The van der Waals surface area contributed by atoms with Crippen LogP contribution in [0.25, 0.3) is 27.8 Å². The lowest BCUT2D eigenvalue weighted by Crippen LogP contribution is -2.39. The van der Waals surface area contributed by atoms with E-state index in [0.29, 0.717) is 35.1 Å². The standard InChI is InChI=1S/C31H35FN4O4/c1-7-18-10-9-11-19(8-2)27(18)36-28(22-17-35(15-13-24(22)34-36)30(38)40-31(3,4)5)25-20-12-14-33-26(20)21(16-23(25)32)29(37)39-6/h9-12,14,16,33H,7-8,13,15,17H2,1-6H3. The minimum absolute atomic E-state index is 0.113. The predicted octanol–water partition coefficient (Wildman–Crippen LogP) is 6.36. The maximum Gasteiger partial charge on any atom is 0.410 e. The lowest BCUT2D eigenvalue weighted by molar-refractivity contribution is 0.0223. The third-order valence-corrected chi connectivity index (χ3v) is 7.30. The second-order valence-corrected chi connectivity index (χ2v) is 11.0. The summed E-state index contributed by atoms with van der Waals surface area (Å²) in [4.78, 5) is 30.3. The van der Waals surface area contributed by atoms with Crippen molar-refractivity contribution in [2.75, 3.05) is 13.7 Å². The summed E-state index contributed by atoms with van der Waals surface area (Å²) in [6, 6.07) is 9.13. The number of esters is 1. The molecule has 0 saturated carbocycles. The summed E-state index contributed by atoms with van der Waals surface area (Å²) in [5, 5.41) is 5.59. The highest BCUT2D eigenvalue weighted by Gasteiger charge is 2.34. The molecule has 1 aliphatic rings. The van der Waals surface area contributed by atoms with E-state index in [0.717, 1.165) is 40.9 Å². The molecule has 2 aromatic carbocycles. The third kappa shape index (κ3) is 4.74. The maximum absolute atomic E-state index is 16.3. The van der Waals surface area contributed by atoms with Gasteiger partial charge in [-0.1, -0.05) is 32.0 Å². The number of carbonyl (C=O) groups excluding carboxylic acids is 2. The van der Waals surface area contributed by atoms with E-state index in [1.807, 2.05) is 31.5 Å². The number of halogens is 1. The van der Waals surface area contributed by atoms with Crippen molar-refractivity contribution in [3.63, 3.8) is 0 Å². The largest absolute Gasteiger partial charge is 0.465 e. The highest BCUT2D eigenvalue weighted by Crippen LogP contribution is 2.40. The van der Waals surface area contributed by atoms with Crippen LogP contribution in [0.2, 0.25) is 0 Å². The average molecular weight is 547 g/mol. The van der Waals surface area contributed by atoms with Crippen LogP contribution in [0.4, 0.5) is 9.18 Å². The van der Waals surface area contributed by atoms with E-state index in [1.54, 1.807) is 17.2 Å². The fraction of sp³-hybridized carbons (Fsp3) is 0.387. The first-order valence-corrected chi connectivity index (χ1v) is 13.7. The molecule has 5 rings (SSSR count). The molecule has 1 N–H and O–H groups in total. The number of amides is 1. The Bertz CT molecular complexity index is 1590. The Morgan fingerprint density at radius 2 is 1.82 bits per heavy atom. The second-order valence-electron chi connectivity index (χ2n) is 11.0. The van der Waals surface area contributed by atoms with Gasteiger partial charge in [0.05, 0.1) is 41.8 Å². The molecule has 40 heavy (non-hydrogen) atoms. The number of para-hydroxylation sites is 1. The van der Waals surface area contributed by atoms with Gasteiger partial charge in [-0.2, -0.15) is 5.10 Å². The lowest BCUT2D eigenvalue weighted by atomic mass is 9.95. The van der Waals surface area contributed by atoms with Crippen LogP contribution < -0.4 is 0 Å². The van der Waals surface area contributed by atoms with Gasteiger partial charge >= 0.3 is 12.1 Å². The molecule has 0 unspecified atom stereocenters. The van der Waals surface area contributed by atoms with Crippen LogP contribution in [-0.4, -0.2) is 51.0 Å². The van der Waals surface area contributed by atoms with Crippen molar-refractivity contribution >= 4 is 23.0 Å².